The second-order valence-electron chi connectivity index (χ2n) is 22.3. The molecular weight excluding hydrogens is 1040 g/mol. The molecule has 0 spiro atoms. The van der Waals surface area contributed by atoms with Crippen LogP contribution in [0.1, 0.15) is 103 Å². The van der Waals surface area contributed by atoms with Crippen LogP contribution in [0.5, 0.6) is 23.0 Å². The zero-order valence-electron chi connectivity index (χ0n) is 41.2. The molecule has 0 N–H and O–H groups in total. The molecule has 13 rings (SSSR count). The van der Waals surface area contributed by atoms with Gasteiger partial charge in [-0.15, -0.1) is 48.1 Å². The molecule has 0 unspecified atom stereocenters. The van der Waals surface area contributed by atoms with Crippen LogP contribution in [0, 0.1) is 18.8 Å². The van der Waals surface area contributed by atoms with E-state index in [0.29, 0.717) is 11.5 Å². The van der Waals surface area contributed by atoms with Crippen LogP contribution in [0.25, 0.3) is 27.6 Å². The van der Waals surface area contributed by atoms with Crippen LogP contribution in [-0.4, -0.2) is 9.55 Å². The van der Waals surface area contributed by atoms with Crippen LogP contribution in [0.2, 0.25) is 0 Å². The number of fused-ring (bicyclic) bond motifs is 4. The van der Waals surface area contributed by atoms with Crippen LogP contribution < -0.4 is 24.2 Å². The third-order valence-electron chi connectivity index (χ3n) is 15.2. The molecule has 7 nitrogen and oxygen atoms in total. The summed E-state index contributed by atoms with van der Waals surface area (Å²) < 4.78 is 15.6. The zero-order chi connectivity index (χ0) is 47.5. The van der Waals surface area contributed by atoms with Gasteiger partial charge in [-0.3, -0.25) is 0 Å². The Morgan fingerprint density at radius 3 is 1.84 bits per heavy atom. The summed E-state index contributed by atoms with van der Waals surface area (Å²) in [6.45, 7) is 25.1. The molecule has 70 heavy (non-hydrogen) atoms. The van der Waals surface area contributed by atoms with E-state index in [1.165, 1.54) is 44.5 Å². The first-order valence-corrected chi connectivity index (χ1v) is 24.1. The fourth-order valence-corrected chi connectivity index (χ4v) is 11.3. The Balaban J connectivity index is 0.00000505. The molecule has 0 saturated carbocycles. The van der Waals surface area contributed by atoms with Gasteiger partial charge in [0.1, 0.15) is 5.82 Å². The maximum Gasteiger partial charge on any atom is 0.151 e. The van der Waals surface area contributed by atoms with Crippen molar-refractivity contribution in [3.8, 4) is 28.8 Å². The second kappa shape index (κ2) is 15.1. The van der Waals surface area contributed by atoms with Gasteiger partial charge in [-0.25, -0.2) is 4.98 Å². The van der Waals surface area contributed by atoms with Gasteiger partial charge in [0, 0.05) is 72.2 Å². The summed E-state index contributed by atoms with van der Waals surface area (Å²) in [4.78, 5) is 12.0. The van der Waals surface area contributed by atoms with Crippen molar-refractivity contribution >= 4 is 61.6 Å². The van der Waals surface area contributed by atoms with Gasteiger partial charge in [0.05, 0.1) is 17.1 Å². The quantitative estimate of drug-likeness (QED) is 0.160. The summed E-state index contributed by atoms with van der Waals surface area (Å²) in [5, 5.41) is 2.27. The van der Waals surface area contributed by atoms with E-state index in [1.807, 2.05) is 24.4 Å². The van der Waals surface area contributed by atoms with Gasteiger partial charge in [-0.2, -0.15) is 12.1 Å². The first-order valence-electron chi connectivity index (χ1n) is 24.1. The van der Waals surface area contributed by atoms with E-state index in [-0.39, 0.29) is 42.7 Å². The largest absolute Gasteiger partial charge is 0.509 e. The van der Waals surface area contributed by atoms with Crippen molar-refractivity contribution in [2.45, 2.75) is 90.9 Å². The number of para-hydroxylation sites is 4. The number of aromatic nitrogens is 2. The maximum atomic E-state index is 6.74. The van der Waals surface area contributed by atoms with Crippen molar-refractivity contribution in [3.63, 3.8) is 0 Å². The van der Waals surface area contributed by atoms with Crippen molar-refractivity contribution in [2.75, 3.05) is 14.7 Å². The normalized spacial score (nSPS) is 15.7. The summed E-state index contributed by atoms with van der Waals surface area (Å²) in [6, 6.07) is 55.2. The third kappa shape index (κ3) is 6.39. The van der Waals surface area contributed by atoms with Crippen molar-refractivity contribution in [1.82, 2.24) is 9.55 Å². The summed E-state index contributed by atoms with van der Waals surface area (Å²) in [6.07, 6.45) is 1.92. The number of anilines is 7. The van der Waals surface area contributed by atoms with Crippen LogP contribution >= 0.6 is 0 Å². The van der Waals surface area contributed by atoms with Gasteiger partial charge in [0.2, 0.25) is 0 Å². The van der Waals surface area contributed by atoms with Crippen molar-refractivity contribution < 1.29 is 30.5 Å². The fraction of sp³-hybridized carbons (Fsp3) is 0.226. The number of benzene rings is 7. The fourth-order valence-electron chi connectivity index (χ4n) is 11.3. The molecule has 352 valence electrons. The standard InChI is InChI=1S/C62H54N5O2.Pt/c1-59(2,3)37-24-27-49-44(30-37)43-26-25-42(35-52(43)66(49)55-31-38(28-29-63-55)60(4,5)6)68-41-17-13-16-39(32-41)64-36-65(51-21-12-11-20-50(51)64)40-33-47-56-48(34-40)62(9,10)46-19-15-23-54-58(46)67(56)57-45(61(47,7)8)18-14-22-53(57)69-54;/h11-31,33-34,36H,1-10H3;/q-3;. The monoisotopic (exact) mass is 1100 g/mol. The Bertz CT molecular complexity index is 3580. The number of pyridine rings is 1. The smallest absolute Gasteiger partial charge is 0.151 e. The number of hydrogen-bond acceptors (Lipinski definition) is 6. The average Bonchev–Trinajstić information content (AvgIpc) is 3.87. The van der Waals surface area contributed by atoms with E-state index in [0.717, 1.165) is 67.9 Å². The number of rotatable bonds is 5. The van der Waals surface area contributed by atoms with Crippen LogP contribution in [-0.2, 0) is 42.7 Å². The molecule has 0 aliphatic carbocycles. The van der Waals surface area contributed by atoms with E-state index in [9.17, 15) is 0 Å². The Kier molecular flexibility index (Phi) is 9.57. The Morgan fingerprint density at radius 2 is 1.19 bits per heavy atom. The molecule has 8 heteroatoms. The van der Waals surface area contributed by atoms with Gasteiger partial charge in [-0.05, 0) is 104 Å². The number of hydrogen-bond donors (Lipinski definition) is 0. The van der Waals surface area contributed by atoms with E-state index < -0.39 is 0 Å². The van der Waals surface area contributed by atoms with Crippen LogP contribution in [0.3, 0.4) is 0 Å². The first-order chi connectivity index (χ1) is 33.0. The van der Waals surface area contributed by atoms with Crippen molar-refractivity contribution in [3.05, 3.63) is 192 Å². The molecule has 7 aromatic carbocycles. The molecule has 4 aliphatic heterocycles. The van der Waals surface area contributed by atoms with Gasteiger partial charge in [0.25, 0.3) is 0 Å². The summed E-state index contributed by atoms with van der Waals surface area (Å²) in [7, 11) is 0. The zero-order valence-corrected chi connectivity index (χ0v) is 43.5. The second-order valence-corrected chi connectivity index (χ2v) is 22.3. The molecule has 6 heterocycles. The average molecular weight is 1100 g/mol. The van der Waals surface area contributed by atoms with Gasteiger partial charge in [-0.1, -0.05) is 123 Å². The minimum Gasteiger partial charge on any atom is -0.509 e. The predicted octanol–water partition coefficient (Wildman–Crippen LogP) is 16.4. The van der Waals surface area contributed by atoms with Crippen molar-refractivity contribution in [2.24, 2.45) is 0 Å². The Hall–Kier alpha value is -6.82. The molecule has 2 aromatic heterocycles. The topological polar surface area (TPSA) is 46.0 Å². The molecule has 0 bridgehead atoms. The molecular formula is C62H54N5O2Pt-3. The molecule has 0 fully saturated rings. The summed E-state index contributed by atoms with van der Waals surface area (Å²) >= 11 is 0. The molecule has 0 amide bonds. The summed E-state index contributed by atoms with van der Waals surface area (Å²) in [5.74, 6) is 3.87. The molecule has 4 aliphatic rings. The molecule has 0 saturated heterocycles. The van der Waals surface area contributed by atoms with Gasteiger partial charge < -0.3 is 28.7 Å². The van der Waals surface area contributed by atoms with E-state index in [1.54, 1.807) is 0 Å². The van der Waals surface area contributed by atoms with Gasteiger partial charge >= 0.3 is 0 Å². The van der Waals surface area contributed by atoms with Gasteiger partial charge in [0.15, 0.2) is 11.5 Å². The Labute approximate surface area is 425 Å². The molecule has 0 radical (unpaired) electrons. The SMILES string of the molecule is CC(C)(C)c1ccnc(-n2c3[c-]c(Oc4[c-]c(N5[CH-]N(c6cc7c8c(c6)C(C)(C)c6cccc9c6N8c6c(cccc6C7(C)C)O9)c6ccccc65)ccc4)ccc3c3cc(C(C)(C)C)ccc32)c1.[Pt]. The van der Waals surface area contributed by atoms with Crippen molar-refractivity contribution in [1.29, 1.82) is 0 Å². The Morgan fingerprint density at radius 1 is 0.571 bits per heavy atom. The minimum absolute atomic E-state index is 0. The number of nitrogens with zero attached hydrogens (tertiary/aromatic N) is 5. The first kappa shape index (κ1) is 44.4. The van der Waals surface area contributed by atoms with E-state index >= 15 is 0 Å². The van der Waals surface area contributed by atoms with Crippen LogP contribution in [0.15, 0.2) is 140 Å². The molecule has 0 atom stereocenters. The van der Waals surface area contributed by atoms with Crippen LogP contribution in [0.4, 0.5) is 39.8 Å². The predicted molar refractivity (Wildman–Crippen MR) is 281 cm³/mol. The maximum absolute atomic E-state index is 6.74. The summed E-state index contributed by atoms with van der Waals surface area (Å²) in [5.41, 5.74) is 16.6. The van der Waals surface area contributed by atoms with E-state index in [4.69, 9.17) is 14.5 Å². The number of ether oxygens (including phenoxy) is 2. The minimum atomic E-state index is -0.305. The molecule has 9 aromatic rings. The van der Waals surface area contributed by atoms with E-state index in [2.05, 4.69) is 223 Å². The third-order valence-corrected chi connectivity index (χ3v) is 15.2.